The summed E-state index contributed by atoms with van der Waals surface area (Å²) in [4.78, 5) is 14.2. The van der Waals surface area contributed by atoms with E-state index in [-0.39, 0.29) is 11.9 Å². The Morgan fingerprint density at radius 3 is 3.30 bits per heavy atom. The number of rotatable bonds is 3. The predicted octanol–water partition coefficient (Wildman–Crippen LogP) is 0.141. The van der Waals surface area contributed by atoms with E-state index in [0.29, 0.717) is 6.54 Å². The Labute approximate surface area is 119 Å². The molecule has 1 aromatic rings. The Kier molecular flexibility index (Phi) is 3.89. The van der Waals surface area contributed by atoms with Crippen molar-refractivity contribution in [3.8, 4) is 5.75 Å². The second-order valence-electron chi connectivity index (χ2n) is 5.35. The minimum absolute atomic E-state index is 0.0849. The van der Waals surface area contributed by atoms with Gasteiger partial charge in [-0.05, 0) is 17.2 Å². The van der Waals surface area contributed by atoms with Crippen LogP contribution in [-0.4, -0.2) is 50.1 Å². The van der Waals surface area contributed by atoms with Gasteiger partial charge in [0.05, 0.1) is 6.61 Å². The van der Waals surface area contributed by atoms with Crippen LogP contribution in [0.25, 0.3) is 0 Å². The summed E-state index contributed by atoms with van der Waals surface area (Å²) in [5.74, 6) is 1.10. The van der Waals surface area contributed by atoms with E-state index in [1.807, 2.05) is 0 Å². The molecule has 5 heteroatoms. The topological polar surface area (TPSA) is 53.6 Å². The van der Waals surface area contributed by atoms with E-state index in [0.717, 1.165) is 38.4 Å². The maximum atomic E-state index is 11.9. The lowest BCUT2D eigenvalue weighted by Crippen LogP contribution is -2.56. The monoisotopic (exact) mass is 275 g/mol. The zero-order valence-corrected chi connectivity index (χ0v) is 11.8. The standard InChI is InChI=1S/C15H21N3O2/c1-16-15(19)13-9-17-5-6-18(13)10-11-2-3-14-12(8-11)4-7-20-14/h2-3,8,13,17H,4-7,9-10H2,1H3,(H,16,19). The SMILES string of the molecule is CNC(=O)C1CNCCN1Cc1ccc2c(c1)CCO2. The van der Waals surface area contributed by atoms with Crippen LogP contribution in [0.3, 0.4) is 0 Å². The van der Waals surface area contributed by atoms with Crippen LogP contribution >= 0.6 is 0 Å². The fourth-order valence-corrected chi connectivity index (χ4v) is 2.93. The maximum absolute atomic E-state index is 11.9. The summed E-state index contributed by atoms with van der Waals surface area (Å²) in [5.41, 5.74) is 2.54. The number of benzene rings is 1. The Balaban J connectivity index is 1.73. The number of amides is 1. The number of carbonyl (C=O) groups excluding carboxylic acids is 1. The number of ether oxygens (including phenoxy) is 1. The van der Waals surface area contributed by atoms with Crippen LogP contribution in [0, 0.1) is 0 Å². The van der Waals surface area contributed by atoms with Gasteiger partial charge in [0, 0.05) is 39.6 Å². The first-order valence-corrected chi connectivity index (χ1v) is 7.19. The number of nitrogens with zero attached hydrogens (tertiary/aromatic N) is 1. The molecule has 2 aliphatic heterocycles. The van der Waals surface area contributed by atoms with Crippen LogP contribution in [0.1, 0.15) is 11.1 Å². The molecule has 0 radical (unpaired) electrons. The van der Waals surface area contributed by atoms with Crippen molar-refractivity contribution in [2.24, 2.45) is 0 Å². The summed E-state index contributed by atoms with van der Waals surface area (Å²) in [6.45, 7) is 4.14. The molecular weight excluding hydrogens is 254 g/mol. The molecule has 1 aromatic carbocycles. The fourth-order valence-electron chi connectivity index (χ4n) is 2.93. The van der Waals surface area contributed by atoms with Gasteiger partial charge in [0.25, 0.3) is 0 Å². The van der Waals surface area contributed by atoms with Crippen LogP contribution in [0.2, 0.25) is 0 Å². The largest absolute Gasteiger partial charge is 0.493 e. The molecule has 1 atom stereocenters. The summed E-state index contributed by atoms with van der Waals surface area (Å²) < 4.78 is 5.53. The molecule has 1 saturated heterocycles. The minimum Gasteiger partial charge on any atom is -0.493 e. The molecule has 0 saturated carbocycles. The lowest BCUT2D eigenvalue weighted by atomic mass is 10.1. The van der Waals surface area contributed by atoms with E-state index in [2.05, 4.69) is 33.7 Å². The van der Waals surface area contributed by atoms with E-state index < -0.39 is 0 Å². The summed E-state index contributed by atoms with van der Waals surface area (Å²) in [5, 5.41) is 6.04. The first-order chi connectivity index (χ1) is 9.78. The fraction of sp³-hybridized carbons (Fsp3) is 0.533. The van der Waals surface area contributed by atoms with Crippen LogP contribution < -0.4 is 15.4 Å². The lowest BCUT2D eigenvalue weighted by molar-refractivity contribution is -0.126. The molecule has 2 heterocycles. The summed E-state index contributed by atoms with van der Waals surface area (Å²) in [7, 11) is 1.70. The Hall–Kier alpha value is -1.59. The third-order valence-corrected chi connectivity index (χ3v) is 4.04. The average Bonchev–Trinajstić information content (AvgIpc) is 2.94. The van der Waals surface area contributed by atoms with Crippen LogP contribution in [-0.2, 0) is 17.8 Å². The summed E-state index contributed by atoms with van der Waals surface area (Å²) in [6.07, 6.45) is 0.990. The van der Waals surface area contributed by atoms with Crippen LogP contribution in [0.15, 0.2) is 18.2 Å². The van der Waals surface area contributed by atoms with Gasteiger partial charge in [-0.15, -0.1) is 0 Å². The van der Waals surface area contributed by atoms with Gasteiger partial charge in [0.2, 0.25) is 5.91 Å². The van der Waals surface area contributed by atoms with Gasteiger partial charge in [-0.1, -0.05) is 12.1 Å². The number of piperazine rings is 1. The van der Waals surface area contributed by atoms with Gasteiger partial charge in [0.1, 0.15) is 11.8 Å². The normalized spacial score (nSPS) is 22.1. The number of carbonyl (C=O) groups is 1. The van der Waals surface area contributed by atoms with Gasteiger partial charge in [-0.25, -0.2) is 0 Å². The third kappa shape index (κ3) is 2.64. The molecule has 5 nitrogen and oxygen atoms in total. The smallest absolute Gasteiger partial charge is 0.238 e. The Morgan fingerprint density at radius 2 is 2.45 bits per heavy atom. The van der Waals surface area contributed by atoms with Crippen LogP contribution in [0.4, 0.5) is 0 Å². The summed E-state index contributed by atoms with van der Waals surface area (Å²) in [6, 6.07) is 6.28. The molecule has 2 aliphatic rings. The molecule has 1 amide bonds. The van der Waals surface area contributed by atoms with Gasteiger partial charge in [-0.3, -0.25) is 9.69 Å². The van der Waals surface area contributed by atoms with E-state index in [9.17, 15) is 4.79 Å². The third-order valence-electron chi connectivity index (χ3n) is 4.04. The van der Waals surface area contributed by atoms with Crippen molar-refractivity contribution < 1.29 is 9.53 Å². The van der Waals surface area contributed by atoms with Crippen molar-refractivity contribution in [3.63, 3.8) is 0 Å². The first-order valence-electron chi connectivity index (χ1n) is 7.19. The number of hydrogen-bond donors (Lipinski definition) is 2. The number of fused-ring (bicyclic) bond motifs is 1. The highest BCUT2D eigenvalue weighted by Crippen LogP contribution is 2.26. The second-order valence-corrected chi connectivity index (χ2v) is 5.35. The van der Waals surface area contributed by atoms with Crippen molar-refractivity contribution >= 4 is 5.91 Å². The molecule has 3 rings (SSSR count). The number of nitrogens with one attached hydrogen (secondary N) is 2. The average molecular weight is 275 g/mol. The van der Waals surface area contributed by atoms with Crippen molar-refractivity contribution in [1.29, 1.82) is 0 Å². The molecule has 0 bridgehead atoms. The van der Waals surface area contributed by atoms with Crippen molar-refractivity contribution in [3.05, 3.63) is 29.3 Å². The highest BCUT2D eigenvalue weighted by atomic mass is 16.5. The lowest BCUT2D eigenvalue weighted by Gasteiger charge is -2.34. The second kappa shape index (κ2) is 5.81. The zero-order chi connectivity index (χ0) is 13.9. The van der Waals surface area contributed by atoms with Crippen molar-refractivity contribution in [2.45, 2.75) is 19.0 Å². The molecule has 1 unspecified atom stereocenters. The minimum atomic E-state index is -0.0849. The molecule has 20 heavy (non-hydrogen) atoms. The van der Waals surface area contributed by atoms with Crippen molar-refractivity contribution in [2.75, 3.05) is 33.3 Å². The quantitative estimate of drug-likeness (QED) is 0.824. The Morgan fingerprint density at radius 1 is 1.55 bits per heavy atom. The van der Waals surface area contributed by atoms with Gasteiger partial charge in [0.15, 0.2) is 0 Å². The van der Waals surface area contributed by atoms with E-state index in [4.69, 9.17) is 4.74 Å². The highest BCUT2D eigenvalue weighted by molar-refractivity contribution is 5.81. The number of hydrogen-bond acceptors (Lipinski definition) is 4. The zero-order valence-electron chi connectivity index (χ0n) is 11.8. The van der Waals surface area contributed by atoms with E-state index in [1.165, 1.54) is 11.1 Å². The molecular formula is C15H21N3O2. The maximum Gasteiger partial charge on any atom is 0.238 e. The van der Waals surface area contributed by atoms with Crippen LogP contribution in [0.5, 0.6) is 5.75 Å². The van der Waals surface area contributed by atoms with Gasteiger partial charge < -0.3 is 15.4 Å². The number of likely N-dealkylation sites (N-methyl/N-ethyl adjacent to an activating group) is 1. The first kappa shape index (κ1) is 13.4. The van der Waals surface area contributed by atoms with Crippen molar-refractivity contribution in [1.82, 2.24) is 15.5 Å². The molecule has 0 spiro atoms. The van der Waals surface area contributed by atoms with Gasteiger partial charge >= 0.3 is 0 Å². The summed E-state index contributed by atoms with van der Waals surface area (Å²) >= 11 is 0. The molecule has 1 fully saturated rings. The Bertz CT molecular complexity index is 504. The molecule has 0 aromatic heterocycles. The van der Waals surface area contributed by atoms with E-state index in [1.54, 1.807) is 7.05 Å². The molecule has 108 valence electrons. The highest BCUT2D eigenvalue weighted by Gasteiger charge is 2.28. The molecule has 0 aliphatic carbocycles. The van der Waals surface area contributed by atoms with Gasteiger partial charge in [-0.2, -0.15) is 0 Å². The predicted molar refractivity (Wildman–Crippen MR) is 76.8 cm³/mol. The van der Waals surface area contributed by atoms with E-state index >= 15 is 0 Å². The molecule has 2 N–H and O–H groups in total.